The van der Waals surface area contributed by atoms with Crippen LogP contribution in [0.25, 0.3) is 0 Å². The minimum Gasteiger partial charge on any atom is -0.459 e. The molecule has 0 aliphatic carbocycles. The van der Waals surface area contributed by atoms with Crippen LogP contribution in [0.15, 0.2) is 121 Å². The molecule has 4 aromatic carbocycles. The van der Waals surface area contributed by atoms with Crippen molar-refractivity contribution in [3.8, 4) is 11.5 Å². The number of nitrogens with zero attached hydrogens (tertiary/aromatic N) is 1. The Balaban J connectivity index is 1.30. The van der Waals surface area contributed by atoms with E-state index >= 15 is 0 Å². The lowest BCUT2D eigenvalue weighted by Crippen LogP contribution is -2.71. The number of carbonyl (C=O) groups excluding carboxylic acids is 3. The first-order chi connectivity index (χ1) is 21.4. The molecule has 0 saturated carbocycles. The lowest BCUT2D eigenvalue weighted by Gasteiger charge is -2.44. The lowest BCUT2D eigenvalue weighted by atomic mass is 9.95. The Kier molecular flexibility index (Phi) is 8.48. The van der Waals surface area contributed by atoms with E-state index in [0.717, 1.165) is 11.1 Å². The van der Waals surface area contributed by atoms with Crippen LogP contribution in [-0.4, -0.2) is 46.5 Å². The van der Waals surface area contributed by atoms with Gasteiger partial charge in [-0.2, -0.15) is 0 Å². The molecule has 4 atom stereocenters. The number of ether oxygens (including phenoxy) is 1. The summed E-state index contributed by atoms with van der Waals surface area (Å²) in [6.07, 6.45) is 0.181. The maximum absolute atomic E-state index is 14.9. The lowest BCUT2D eigenvalue weighted by molar-refractivity contribution is -0.164. The summed E-state index contributed by atoms with van der Waals surface area (Å²) >= 11 is 0. The molecule has 0 spiro atoms. The van der Waals surface area contributed by atoms with Crippen LogP contribution in [0.5, 0.6) is 11.5 Å². The summed E-state index contributed by atoms with van der Waals surface area (Å²) in [5.41, 5.74) is 0.491. The molecule has 2 aliphatic heterocycles. The van der Waals surface area contributed by atoms with Crippen LogP contribution in [0.2, 0.25) is 0 Å². The van der Waals surface area contributed by atoms with E-state index in [0.29, 0.717) is 0 Å². The Hall–Kier alpha value is -4.88. The van der Waals surface area contributed by atoms with E-state index in [2.05, 4.69) is 5.32 Å². The Morgan fingerprint density at radius 3 is 1.80 bits per heavy atom. The fraction of sp³-hybridized carbons (Fsp3) is 0.206. The number of β-lactam (4-membered cyclic amide) rings is 1. The van der Waals surface area contributed by atoms with Gasteiger partial charge >= 0.3 is 13.6 Å². The van der Waals surface area contributed by atoms with E-state index in [9.17, 15) is 18.9 Å². The number of amides is 2. The molecule has 1 N–H and O–H groups in total. The first-order valence-corrected chi connectivity index (χ1v) is 16.0. The quantitative estimate of drug-likeness (QED) is 0.142. The first-order valence-electron chi connectivity index (χ1n) is 14.4. The van der Waals surface area contributed by atoms with E-state index in [-0.39, 0.29) is 36.9 Å². The summed E-state index contributed by atoms with van der Waals surface area (Å²) in [6, 6.07) is 32.7. The molecule has 0 aromatic heterocycles. The van der Waals surface area contributed by atoms with Crippen molar-refractivity contribution in [3.05, 3.63) is 132 Å². The highest BCUT2D eigenvalue weighted by atomic mass is 31.2. The number of nitrogens with one attached hydrogen (secondary N) is 1. The summed E-state index contributed by atoms with van der Waals surface area (Å²) in [5, 5.41) is 2.82. The number of rotatable bonds is 11. The third kappa shape index (κ3) is 6.24. The smallest absolute Gasteiger partial charge is 0.436 e. The van der Waals surface area contributed by atoms with Crippen molar-refractivity contribution in [2.45, 2.75) is 43.2 Å². The maximum atomic E-state index is 14.9. The van der Waals surface area contributed by atoms with Gasteiger partial charge in [-0.25, -0.2) is 9.36 Å². The van der Waals surface area contributed by atoms with Gasteiger partial charge in [0, 0.05) is 0 Å². The van der Waals surface area contributed by atoms with Crippen LogP contribution in [0.1, 0.15) is 17.5 Å². The zero-order chi connectivity index (χ0) is 30.5. The van der Waals surface area contributed by atoms with Gasteiger partial charge in [-0.1, -0.05) is 97.1 Å². The molecule has 224 valence electrons. The summed E-state index contributed by atoms with van der Waals surface area (Å²) in [6.45, 7) is -0.0315. The SMILES string of the molecule is O=C(Cc1ccccc1)N[C@@H]1C(=O)N2C(C(=O)OCc3ccccc3)C(P(=O)(Oc3ccccc3)Oc3ccccc3)C[C@H]12. The molecular formula is C34H31N2O7P. The highest BCUT2D eigenvalue weighted by Crippen LogP contribution is 2.60. The number of esters is 1. The summed E-state index contributed by atoms with van der Waals surface area (Å²) in [4.78, 5) is 41.6. The van der Waals surface area contributed by atoms with Crippen molar-refractivity contribution in [3.63, 3.8) is 0 Å². The highest BCUT2D eigenvalue weighted by Gasteiger charge is 2.66. The molecule has 9 nitrogen and oxygen atoms in total. The Labute approximate surface area is 255 Å². The van der Waals surface area contributed by atoms with Crippen molar-refractivity contribution in [2.75, 3.05) is 0 Å². The Bertz CT molecular complexity index is 1610. The van der Waals surface area contributed by atoms with Gasteiger partial charge in [0.25, 0.3) is 0 Å². The van der Waals surface area contributed by atoms with Crippen LogP contribution in [-0.2, 0) is 36.7 Å². The fourth-order valence-corrected chi connectivity index (χ4v) is 7.91. The second-order valence-electron chi connectivity index (χ2n) is 10.7. The van der Waals surface area contributed by atoms with Crippen LogP contribution in [0.3, 0.4) is 0 Å². The van der Waals surface area contributed by atoms with Crippen LogP contribution >= 0.6 is 7.60 Å². The first kappa shape index (κ1) is 29.2. The van der Waals surface area contributed by atoms with Crippen molar-refractivity contribution in [1.82, 2.24) is 10.2 Å². The molecule has 44 heavy (non-hydrogen) atoms. The Morgan fingerprint density at radius 2 is 1.25 bits per heavy atom. The van der Waals surface area contributed by atoms with Crippen LogP contribution in [0.4, 0.5) is 0 Å². The van der Waals surface area contributed by atoms with E-state index < -0.39 is 43.3 Å². The average molecular weight is 611 g/mol. The van der Waals surface area contributed by atoms with Gasteiger partial charge in [0.15, 0.2) is 0 Å². The number of para-hydroxylation sites is 2. The van der Waals surface area contributed by atoms with Crippen LogP contribution < -0.4 is 14.4 Å². The zero-order valence-corrected chi connectivity index (χ0v) is 24.6. The molecule has 2 fully saturated rings. The number of benzene rings is 4. The van der Waals surface area contributed by atoms with Gasteiger partial charge in [0.05, 0.1) is 12.5 Å². The third-order valence-corrected chi connectivity index (χ3v) is 9.99. The van der Waals surface area contributed by atoms with E-state index in [1.807, 2.05) is 60.7 Å². The van der Waals surface area contributed by atoms with E-state index in [1.54, 1.807) is 60.7 Å². The van der Waals surface area contributed by atoms with E-state index in [4.69, 9.17) is 13.8 Å². The predicted molar refractivity (Wildman–Crippen MR) is 163 cm³/mol. The molecule has 10 heteroatoms. The molecule has 2 saturated heterocycles. The molecule has 0 radical (unpaired) electrons. The van der Waals surface area contributed by atoms with Crippen molar-refractivity contribution < 1.29 is 32.7 Å². The highest BCUT2D eigenvalue weighted by molar-refractivity contribution is 7.55. The number of carbonyl (C=O) groups is 3. The standard InChI is InChI=1S/C34H31N2O7P/c37-30(21-24-13-5-1-6-14-24)35-31-28-22-29(32(36(28)33(31)38)34(39)41-23-25-15-7-2-8-16-25)44(40,42-26-17-9-3-10-18-26)43-27-19-11-4-12-20-27/h1-20,28-29,31-32H,21-23H2,(H,35,37)/t28-,29?,31+,32?/m1/s1. The normalized spacial score (nSPS) is 20.6. The van der Waals surface area contributed by atoms with Crippen molar-refractivity contribution in [1.29, 1.82) is 0 Å². The zero-order valence-electron chi connectivity index (χ0n) is 23.7. The molecular weight excluding hydrogens is 579 g/mol. The molecule has 4 aromatic rings. The third-order valence-electron chi connectivity index (χ3n) is 7.76. The minimum absolute atomic E-state index is 0.0315. The number of hydrogen-bond acceptors (Lipinski definition) is 7. The minimum atomic E-state index is -4.20. The topological polar surface area (TPSA) is 111 Å². The largest absolute Gasteiger partial charge is 0.459 e. The summed E-state index contributed by atoms with van der Waals surface area (Å²) in [7, 11) is -4.20. The molecule has 2 unspecified atom stereocenters. The van der Waals surface area contributed by atoms with E-state index in [1.165, 1.54) is 4.90 Å². The Morgan fingerprint density at radius 1 is 0.750 bits per heavy atom. The summed E-state index contributed by atoms with van der Waals surface area (Å²) in [5.74, 6) is -0.929. The molecule has 6 rings (SSSR count). The summed E-state index contributed by atoms with van der Waals surface area (Å²) < 4.78 is 32.7. The van der Waals surface area contributed by atoms with Gasteiger partial charge < -0.3 is 24.0 Å². The monoisotopic (exact) mass is 610 g/mol. The van der Waals surface area contributed by atoms with Crippen molar-refractivity contribution >= 4 is 25.4 Å². The fourth-order valence-electron chi connectivity index (χ4n) is 5.68. The molecule has 2 heterocycles. The van der Waals surface area contributed by atoms with Gasteiger partial charge in [-0.05, 0) is 41.8 Å². The molecule has 2 amide bonds. The van der Waals surface area contributed by atoms with Gasteiger partial charge in [-0.15, -0.1) is 0 Å². The van der Waals surface area contributed by atoms with Gasteiger partial charge in [0.1, 0.15) is 35.8 Å². The van der Waals surface area contributed by atoms with Crippen LogP contribution in [0, 0.1) is 0 Å². The predicted octanol–water partition coefficient (Wildman–Crippen LogP) is 5.16. The second-order valence-corrected chi connectivity index (χ2v) is 12.8. The van der Waals surface area contributed by atoms with Gasteiger partial charge in [-0.3, -0.25) is 9.59 Å². The average Bonchev–Trinajstić information content (AvgIpc) is 3.42. The van der Waals surface area contributed by atoms with Gasteiger partial charge in [0.2, 0.25) is 11.8 Å². The second kappa shape index (κ2) is 12.8. The molecule has 2 aliphatic rings. The number of fused-ring (bicyclic) bond motifs is 1. The maximum Gasteiger partial charge on any atom is 0.436 e. The molecule has 0 bridgehead atoms. The van der Waals surface area contributed by atoms with Crippen molar-refractivity contribution in [2.24, 2.45) is 0 Å². The number of hydrogen-bond donors (Lipinski definition) is 1.